The number of thiophene rings is 1. The first-order chi connectivity index (χ1) is 10.3. The normalized spacial score (nSPS) is 17.2. The number of hydrogen-bond acceptors (Lipinski definition) is 2. The first-order valence-corrected chi connectivity index (χ1v) is 9.10. The van der Waals surface area contributed by atoms with Crippen molar-refractivity contribution >= 4 is 22.9 Å². The summed E-state index contributed by atoms with van der Waals surface area (Å²) in [6, 6.07) is 13.2. The molecule has 1 aromatic carbocycles. The number of hydrogen-bond donors (Lipinski definition) is 1. The van der Waals surface area contributed by atoms with Crippen LogP contribution in [-0.4, -0.2) is 6.54 Å². The summed E-state index contributed by atoms with van der Waals surface area (Å²) in [5.74, 6) is 0.814. The van der Waals surface area contributed by atoms with Gasteiger partial charge in [-0.3, -0.25) is 0 Å². The van der Waals surface area contributed by atoms with Crippen molar-refractivity contribution in [3.8, 4) is 0 Å². The van der Waals surface area contributed by atoms with Gasteiger partial charge in [0.25, 0.3) is 0 Å². The van der Waals surface area contributed by atoms with E-state index >= 15 is 0 Å². The molecule has 2 aromatic rings. The summed E-state index contributed by atoms with van der Waals surface area (Å²) >= 11 is 7.82. The van der Waals surface area contributed by atoms with Crippen molar-refractivity contribution in [1.29, 1.82) is 0 Å². The maximum atomic E-state index is 5.94. The largest absolute Gasteiger partial charge is 0.309 e. The minimum Gasteiger partial charge on any atom is -0.309 e. The Morgan fingerprint density at radius 2 is 1.90 bits per heavy atom. The first kappa shape index (κ1) is 15.1. The third-order valence-electron chi connectivity index (χ3n) is 4.41. The van der Waals surface area contributed by atoms with Crippen LogP contribution in [0.25, 0.3) is 0 Å². The molecule has 1 nitrogen and oxygen atoms in total. The highest BCUT2D eigenvalue weighted by atomic mass is 35.5. The predicted octanol–water partition coefficient (Wildman–Crippen LogP) is 5.47. The summed E-state index contributed by atoms with van der Waals surface area (Å²) in [4.78, 5) is 1.50. The Hall–Kier alpha value is -0.830. The highest BCUT2D eigenvalue weighted by Crippen LogP contribution is 2.37. The van der Waals surface area contributed by atoms with Gasteiger partial charge in [0.1, 0.15) is 0 Å². The molecule has 0 radical (unpaired) electrons. The van der Waals surface area contributed by atoms with Crippen LogP contribution in [-0.2, 0) is 6.42 Å². The SMILES string of the molecule is Clc1ccc(CCNC(c2cccs2)C2CCCC2)cc1. The molecule has 1 N–H and O–H groups in total. The van der Waals surface area contributed by atoms with Crippen molar-refractivity contribution < 1.29 is 0 Å². The quantitative estimate of drug-likeness (QED) is 0.745. The van der Waals surface area contributed by atoms with Gasteiger partial charge < -0.3 is 5.32 Å². The summed E-state index contributed by atoms with van der Waals surface area (Å²) in [6.45, 7) is 1.03. The zero-order chi connectivity index (χ0) is 14.5. The highest BCUT2D eigenvalue weighted by Gasteiger charge is 2.26. The first-order valence-electron chi connectivity index (χ1n) is 7.84. The molecule has 1 aromatic heterocycles. The van der Waals surface area contributed by atoms with E-state index in [9.17, 15) is 0 Å². The maximum Gasteiger partial charge on any atom is 0.0443 e. The van der Waals surface area contributed by atoms with Crippen LogP contribution in [0.2, 0.25) is 5.02 Å². The zero-order valence-corrected chi connectivity index (χ0v) is 13.8. The molecule has 0 bridgehead atoms. The molecule has 1 aliphatic carbocycles. The molecule has 0 aliphatic heterocycles. The second-order valence-electron chi connectivity index (χ2n) is 5.87. The molecule has 3 heteroatoms. The molecule has 1 aliphatic rings. The van der Waals surface area contributed by atoms with Gasteiger partial charge in [0.15, 0.2) is 0 Å². The van der Waals surface area contributed by atoms with Gasteiger partial charge in [-0.15, -0.1) is 11.3 Å². The third-order valence-corrected chi connectivity index (χ3v) is 5.62. The van der Waals surface area contributed by atoms with Crippen LogP contribution in [0.3, 0.4) is 0 Å². The van der Waals surface area contributed by atoms with Gasteiger partial charge in [-0.2, -0.15) is 0 Å². The van der Waals surface area contributed by atoms with Crippen molar-refractivity contribution in [1.82, 2.24) is 5.32 Å². The fourth-order valence-corrected chi connectivity index (χ4v) is 4.30. The maximum absolute atomic E-state index is 5.94. The summed E-state index contributed by atoms with van der Waals surface area (Å²) in [6.07, 6.45) is 6.59. The van der Waals surface area contributed by atoms with Crippen molar-refractivity contribution in [2.75, 3.05) is 6.54 Å². The Labute approximate surface area is 136 Å². The van der Waals surface area contributed by atoms with Crippen LogP contribution in [0, 0.1) is 5.92 Å². The number of rotatable bonds is 6. The summed E-state index contributed by atoms with van der Waals surface area (Å²) in [5, 5.41) is 6.81. The number of halogens is 1. The lowest BCUT2D eigenvalue weighted by Crippen LogP contribution is -2.28. The van der Waals surface area contributed by atoms with Crippen LogP contribution in [0.15, 0.2) is 41.8 Å². The van der Waals surface area contributed by atoms with Gasteiger partial charge >= 0.3 is 0 Å². The smallest absolute Gasteiger partial charge is 0.0443 e. The van der Waals surface area contributed by atoms with E-state index in [1.807, 2.05) is 23.5 Å². The van der Waals surface area contributed by atoms with Gasteiger partial charge in [-0.05, 0) is 60.9 Å². The van der Waals surface area contributed by atoms with E-state index in [1.165, 1.54) is 36.1 Å². The molecule has 1 heterocycles. The minimum atomic E-state index is 0.541. The zero-order valence-electron chi connectivity index (χ0n) is 12.2. The van der Waals surface area contributed by atoms with Gasteiger partial charge in [0.05, 0.1) is 0 Å². The van der Waals surface area contributed by atoms with Crippen molar-refractivity contribution in [2.24, 2.45) is 5.92 Å². The molecule has 1 atom stereocenters. The molecule has 0 spiro atoms. The van der Waals surface area contributed by atoms with Crippen LogP contribution in [0.4, 0.5) is 0 Å². The Morgan fingerprint density at radius 3 is 2.57 bits per heavy atom. The van der Waals surface area contributed by atoms with Gasteiger partial charge in [-0.25, -0.2) is 0 Å². The van der Waals surface area contributed by atoms with Crippen molar-refractivity contribution in [3.63, 3.8) is 0 Å². The topological polar surface area (TPSA) is 12.0 Å². The van der Waals surface area contributed by atoms with E-state index in [4.69, 9.17) is 11.6 Å². The number of nitrogens with one attached hydrogen (secondary N) is 1. The lowest BCUT2D eigenvalue weighted by molar-refractivity contribution is 0.374. The Morgan fingerprint density at radius 1 is 1.14 bits per heavy atom. The molecule has 112 valence electrons. The molecule has 0 amide bonds. The lowest BCUT2D eigenvalue weighted by Gasteiger charge is -2.24. The standard InChI is InChI=1S/C18H22ClNS/c19-16-9-7-14(8-10-16)11-12-20-18(15-4-1-2-5-15)17-6-3-13-21-17/h3,6-10,13,15,18,20H,1-2,4-5,11-12H2. The molecular weight excluding hydrogens is 298 g/mol. The van der Waals surface area contributed by atoms with Crippen LogP contribution in [0.1, 0.15) is 42.2 Å². The molecule has 1 saturated carbocycles. The summed E-state index contributed by atoms with van der Waals surface area (Å²) < 4.78 is 0. The second-order valence-corrected chi connectivity index (χ2v) is 7.28. The molecular formula is C18H22ClNS. The van der Waals surface area contributed by atoms with E-state index in [0.29, 0.717) is 6.04 Å². The van der Waals surface area contributed by atoms with E-state index in [2.05, 4.69) is 35.0 Å². The Balaban J connectivity index is 1.58. The van der Waals surface area contributed by atoms with Crippen molar-refractivity contribution in [2.45, 2.75) is 38.1 Å². The fourth-order valence-electron chi connectivity index (χ4n) is 3.28. The monoisotopic (exact) mass is 319 g/mol. The van der Waals surface area contributed by atoms with Crippen LogP contribution < -0.4 is 5.32 Å². The van der Waals surface area contributed by atoms with E-state index in [-0.39, 0.29) is 0 Å². The predicted molar refractivity (Wildman–Crippen MR) is 92.2 cm³/mol. The van der Waals surface area contributed by atoms with Gasteiger partial charge in [-0.1, -0.05) is 42.6 Å². The fraction of sp³-hybridized carbons (Fsp3) is 0.444. The van der Waals surface area contributed by atoms with Gasteiger partial charge in [0, 0.05) is 15.9 Å². The lowest BCUT2D eigenvalue weighted by atomic mass is 9.96. The van der Waals surface area contributed by atoms with Crippen molar-refractivity contribution in [3.05, 3.63) is 57.2 Å². The Kier molecular flexibility index (Phi) is 5.34. The highest BCUT2D eigenvalue weighted by molar-refractivity contribution is 7.10. The summed E-state index contributed by atoms with van der Waals surface area (Å²) in [7, 11) is 0. The second kappa shape index (κ2) is 7.44. The van der Waals surface area contributed by atoms with Crippen LogP contribution in [0.5, 0.6) is 0 Å². The van der Waals surface area contributed by atoms with E-state index in [1.54, 1.807) is 0 Å². The van der Waals surface area contributed by atoms with Crippen LogP contribution >= 0.6 is 22.9 Å². The average Bonchev–Trinajstić information content (AvgIpc) is 3.19. The average molecular weight is 320 g/mol. The summed E-state index contributed by atoms with van der Waals surface area (Å²) in [5.41, 5.74) is 1.35. The molecule has 1 unspecified atom stereocenters. The Bertz CT molecular complexity index is 529. The third kappa shape index (κ3) is 4.09. The van der Waals surface area contributed by atoms with E-state index < -0.39 is 0 Å². The van der Waals surface area contributed by atoms with E-state index in [0.717, 1.165) is 23.9 Å². The number of benzene rings is 1. The molecule has 0 saturated heterocycles. The molecule has 21 heavy (non-hydrogen) atoms. The molecule has 3 rings (SSSR count). The minimum absolute atomic E-state index is 0.541. The molecule has 1 fully saturated rings. The van der Waals surface area contributed by atoms with Gasteiger partial charge in [0.2, 0.25) is 0 Å².